The molecule has 3 aromatic rings. The molecule has 1 N–H and O–H groups in total. The van der Waals surface area contributed by atoms with Gasteiger partial charge >= 0.3 is 6.18 Å². The van der Waals surface area contributed by atoms with E-state index >= 15 is 0 Å². The minimum absolute atomic E-state index is 0.00991. The summed E-state index contributed by atoms with van der Waals surface area (Å²) in [5, 5.41) is 11.5. The van der Waals surface area contributed by atoms with Gasteiger partial charge in [-0.05, 0) is 46.0 Å². The van der Waals surface area contributed by atoms with Gasteiger partial charge in [0.05, 0.1) is 5.56 Å². The maximum absolute atomic E-state index is 13.1. The van der Waals surface area contributed by atoms with E-state index in [1.807, 2.05) is 0 Å². The van der Waals surface area contributed by atoms with Gasteiger partial charge in [-0.3, -0.25) is 0 Å². The van der Waals surface area contributed by atoms with E-state index in [9.17, 15) is 18.3 Å². The monoisotopic (exact) mass is 288 g/mol. The smallest absolute Gasteiger partial charge is 0.417 e. The number of alkyl halides is 3. The van der Waals surface area contributed by atoms with Crippen molar-refractivity contribution in [2.24, 2.45) is 0 Å². The lowest BCUT2D eigenvalue weighted by Gasteiger charge is -2.13. The van der Waals surface area contributed by atoms with E-state index in [4.69, 9.17) is 0 Å². The highest BCUT2D eigenvalue weighted by molar-refractivity contribution is 6.04. The zero-order valence-corrected chi connectivity index (χ0v) is 10.9. The topological polar surface area (TPSA) is 20.2 Å². The largest absolute Gasteiger partial charge is 0.507 e. The Balaban J connectivity index is 2.52. The minimum atomic E-state index is -4.47. The van der Waals surface area contributed by atoms with Crippen molar-refractivity contribution in [3.8, 4) is 5.75 Å². The van der Waals surface area contributed by atoms with Crippen LogP contribution in [0.15, 0.2) is 49.0 Å². The molecule has 4 heteroatoms. The molecule has 21 heavy (non-hydrogen) atoms. The average molecular weight is 288 g/mol. The summed E-state index contributed by atoms with van der Waals surface area (Å²) in [4.78, 5) is 0. The van der Waals surface area contributed by atoms with Crippen LogP contribution < -0.4 is 0 Å². The van der Waals surface area contributed by atoms with Crippen LogP contribution in [0, 0.1) is 0 Å². The summed E-state index contributed by atoms with van der Waals surface area (Å²) in [5.74, 6) is -0.163. The Morgan fingerprint density at radius 3 is 2.38 bits per heavy atom. The summed E-state index contributed by atoms with van der Waals surface area (Å²) in [6.45, 7) is 3.68. The standard InChI is InChI=1S/C17H11F3O/c1-2-10-4-3-5-11-8-14-13(9-12(10)11)15(17(18,19)20)6-7-16(14)21/h2-9,21H,1H2. The summed E-state index contributed by atoms with van der Waals surface area (Å²) in [6.07, 6.45) is -2.87. The van der Waals surface area contributed by atoms with E-state index in [1.54, 1.807) is 30.3 Å². The summed E-state index contributed by atoms with van der Waals surface area (Å²) in [6, 6.07) is 10.4. The van der Waals surface area contributed by atoms with Gasteiger partial charge in [-0.25, -0.2) is 0 Å². The van der Waals surface area contributed by atoms with Crippen LogP contribution in [-0.2, 0) is 6.18 Å². The molecule has 0 unspecified atom stereocenters. The summed E-state index contributed by atoms with van der Waals surface area (Å²) >= 11 is 0. The molecule has 0 atom stereocenters. The zero-order valence-electron chi connectivity index (χ0n) is 10.9. The SMILES string of the molecule is C=Cc1cccc2cc3c(O)ccc(C(F)(F)F)c3cc12. The first-order valence-corrected chi connectivity index (χ1v) is 6.30. The fourth-order valence-electron chi connectivity index (χ4n) is 2.55. The van der Waals surface area contributed by atoms with Crippen LogP contribution in [0.4, 0.5) is 13.2 Å². The summed E-state index contributed by atoms with van der Waals surface area (Å²) in [5.41, 5.74) is 0.00179. The van der Waals surface area contributed by atoms with Crippen LogP contribution in [0.25, 0.3) is 27.6 Å². The average Bonchev–Trinajstić information content (AvgIpc) is 2.44. The second-order valence-corrected chi connectivity index (χ2v) is 4.80. The molecule has 0 aromatic heterocycles. The lowest BCUT2D eigenvalue weighted by molar-refractivity contribution is -0.136. The number of rotatable bonds is 1. The first-order chi connectivity index (χ1) is 9.91. The molecule has 0 saturated carbocycles. The molecule has 0 fully saturated rings. The van der Waals surface area contributed by atoms with E-state index in [0.29, 0.717) is 5.39 Å². The molecule has 3 aromatic carbocycles. The van der Waals surface area contributed by atoms with Gasteiger partial charge in [0.15, 0.2) is 0 Å². The van der Waals surface area contributed by atoms with Crippen molar-refractivity contribution < 1.29 is 18.3 Å². The van der Waals surface area contributed by atoms with E-state index < -0.39 is 11.7 Å². The predicted molar refractivity (Wildman–Crippen MR) is 78.2 cm³/mol. The Labute approximate surface area is 118 Å². The molecular weight excluding hydrogens is 277 g/mol. The fraction of sp³-hybridized carbons (Fsp3) is 0.0588. The molecule has 0 spiro atoms. The van der Waals surface area contributed by atoms with Crippen LogP contribution in [0.3, 0.4) is 0 Å². The Bertz CT molecular complexity index is 863. The minimum Gasteiger partial charge on any atom is -0.507 e. The van der Waals surface area contributed by atoms with Crippen molar-refractivity contribution in [3.05, 3.63) is 60.2 Å². The Hall–Kier alpha value is -2.49. The number of hydrogen-bond donors (Lipinski definition) is 1. The Morgan fingerprint density at radius 2 is 1.71 bits per heavy atom. The molecule has 0 amide bonds. The van der Waals surface area contributed by atoms with Crippen molar-refractivity contribution in [3.63, 3.8) is 0 Å². The lowest BCUT2D eigenvalue weighted by Crippen LogP contribution is -2.05. The van der Waals surface area contributed by atoms with E-state index in [-0.39, 0.29) is 16.5 Å². The van der Waals surface area contributed by atoms with Crippen molar-refractivity contribution in [2.45, 2.75) is 6.18 Å². The summed E-state index contributed by atoms with van der Waals surface area (Å²) in [7, 11) is 0. The quantitative estimate of drug-likeness (QED) is 0.598. The van der Waals surface area contributed by atoms with Crippen molar-refractivity contribution in [1.29, 1.82) is 0 Å². The Kier molecular flexibility index (Phi) is 2.90. The van der Waals surface area contributed by atoms with Gasteiger partial charge in [-0.2, -0.15) is 13.2 Å². The third kappa shape index (κ3) is 2.13. The van der Waals surface area contributed by atoms with Crippen LogP contribution in [0.2, 0.25) is 0 Å². The molecule has 0 heterocycles. The van der Waals surface area contributed by atoms with Gasteiger partial charge < -0.3 is 5.11 Å². The van der Waals surface area contributed by atoms with Gasteiger partial charge in [0.2, 0.25) is 0 Å². The van der Waals surface area contributed by atoms with Crippen LogP contribution in [-0.4, -0.2) is 5.11 Å². The number of halogens is 3. The fourth-order valence-corrected chi connectivity index (χ4v) is 2.55. The molecule has 0 radical (unpaired) electrons. The normalized spacial score (nSPS) is 12.0. The van der Waals surface area contributed by atoms with Crippen LogP contribution in [0.5, 0.6) is 5.75 Å². The number of benzene rings is 3. The van der Waals surface area contributed by atoms with Crippen molar-refractivity contribution in [2.75, 3.05) is 0 Å². The molecule has 0 bridgehead atoms. The van der Waals surface area contributed by atoms with Gasteiger partial charge in [-0.15, -0.1) is 0 Å². The number of hydrogen-bond acceptors (Lipinski definition) is 1. The second kappa shape index (κ2) is 4.52. The van der Waals surface area contributed by atoms with E-state index in [0.717, 1.165) is 23.1 Å². The number of phenols is 1. The zero-order chi connectivity index (χ0) is 15.2. The highest BCUT2D eigenvalue weighted by Crippen LogP contribution is 2.40. The van der Waals surface area contributed by atoms with Crippen LogP contribution >= 0.6 is 0 Å². The maximum Gasteiger partial charge on any atom is 0.417 e. The first kappa shape index (κ1) is 13.5. The van der Waals surface area contributed by atoms with Gasteiger partial charge in [0, 0.05) is 5.39 Å². The molecular formula is C17H11F3O. The maximum atomic E-state index is 13.1. The predicted octanol–water partition coefficient (Wildman–Crippen LogP) is 5.36. The van der Waals surface area contributed by atoms with Crippen LogP contribution in [0.1, 0.15) is 11.1 Å². The highest BCUT2D eigenvalue weighted by atomic mass is 19.4. The van der Waals surface area contributed by atoms with E-state index in [2.05, 4.69) is 6.58 Å². The Morgan fingerprint density at radius 1 is 0.952 bits per heavy atom. The first-order valence-electron chi connectivity index (χ1n) is 6.30. The number of aromatic hydroxyl groups is 1. The molecule has 0 aliphatic rings. The lowest BCUT2D eigenvalue weighted by atomic mass is 9.96. The molecule has 1 nitrogen and oxygen atoms in total. The number of phenolic OH excluding ortho intramolecular Hbond substituents is 1. The molecule has 3 rings (SSSR count). The highest BCUT2D eigenvalue weighted by Gasteiger charge is 2.33. The summed E-state index contributed by atoms with van der Waals surface area (Å²) < 4.78 is 39.4. The number of fused-ring (bicyclic) bond motifs is 2. The molecule has 0 aliphatic carbocycles. The van der Waals surface area contributed by atoms with Crippen molar-refractivity contribution in [1.82, 2.24) is 0 Å². The van der Waals surface area contributed by atoms with Gasteiger partial charge in [0.1, 0.15) is 5.75 Å². The third-order valence-electron chi connectivity index (χ3n) is 3.55. The van der Waals surface area contributed by atoms with E-state index in [1.165, 1.54) is 6.07 Å². The van der Waals surface area contributed by atoms with Gasteiger partial charge in [-0.1, -0.05) is 30.9 Å². The molecule has 0 aliphatic heterocycles. The molecule has 106 valence electrons. The van der Waals surface area contributed by atoms with Crippen molar-refractivity contribution >= 4 is 27.6 Å². The van der Waals surface area contributed by atoms with Gasteiger partial charge in [0.25, 0.3) is 0 Å². The third-order valence-corrected chi connectivity index (χ3v) is 3.55. The molecule has 0 saturated heterocycles. The second-order valence-electron chi connectivity index (χ2n) is 4.80.